The van der Waals surface area contributed by atoms with Crippen molar-refractivity contribution in [2.24, 2.45) is 0 Å². The predicted octanol–water partition coefficient (Wildman–Crippen LogP) is 1.45. The highest BCUT2D eigenvalue weighted by atomic mass is 127. The third-order valence-corrected chi connectivity index (χ3v) is 3.45. The Balaban J connectivity index is 3.46. The highest BCUT2D eigenvalue weighted by molar-refractivity contribution is 14.2. The summed E-state index contributed by atoms with van der Waals surface area (Å²) in [7, 11) is 0. The number of carbonyl (C=O) groups is 2. The second-order valence-electron chi connectivity index (χ2n) is 2.52. The fraction of sp³-hybridized carbons (Fsp3) is 0. The molecule has 0 spiro atoms. The maximum Gasteiger partial charge on any atom is 0.341 e. The molecule has 0 atom stereocenters. The number of carboxylic acid groups (broad SMARTS) is 2. The lowest BCUT2D eigenvalue weighted by Gasteiger charge is -1.99. The van der Waals surface area contributed by atoms with E-state index in [9.17, 15) is 15.7 Å². The summed E-state index contributed by atoms with van der Waals surface area (Å²) < 4.78 is 21.1. The van der Waals surface area contributed by atoms with Crippen molar-refractivity contribution in [2.75, 3.05) is 0 Å². The van der Waals surface area contributed by atoms with E-state index in [1.165, 1.54) is 0 Å². The van der Waals surface area contributed by atoms with Crippen LogP contribution in [0.15, 0.2) is 18.2 Å². The maximum absolute atomic E-state index is 10.8. The average molecular weight is 324 g/mol. The van der Waals surface area contributed by atoms with Crippen LogP contribution in [0.5, 0.6) is 0 Å². The molecular formula is C8H5IO6. The number of rotatable bonds is 3. The van der Waals surface area contributed by atoms with Gasteiger partial charge in [-0.2, -0.15) is 0 Å². The third kappa shape index (κ3) is 2.49. The van der Waals surface area contributed by atoms with Gasteiger partial charge in [0.1, 0.15) is 0 Å². The Hall–Kier alpha value is -1.51. The molecule has 2 N–H and O–H groups in total. The van der Waals surface area contributed by atoms with Crippen LogP contribution in [0.1, 0.15) is 20.7 Å². The van der Waals surface area contributed by atoms with Gasteiger partial charge >= 0.3 is 31.7 Å². The van der Waals surface area contributed by atoms with Gasteiger partial charge in [-0.1, -0.05) is 0 Å². The summed E-state index contributed by atoms with van der Waals surface area (Å²) in [6.45, 7) is 0. The molecule has 6 nitrogen and oxygen atoms in total. The molecular weight excluding hydrogens is 319 g/mol. The second kappa shape index (κ2) is 4.34. The fourth-order valence-corrected chi connectivity index (χ4v) is 2.42. The third-order valence-electron chi connectivity index (χ3n) is 1.61. The van der Waals surface area contributed by atoms with Gasteiger partial charge in [0.2, 0.25) is 0 Å². The Labute approximate surface area is 90.7 Å². The van der Waals surface area contributed by atoms with Gasteiger partial charge in [-0.15, -0.1) is 0 Å². The van der Waals surface area contributed by atoms with E-state index in [0.717, 1.165) is 18.2 Å². The molecule has 0 bridgehead atoms. The zero-order valence-corrected chi connectivity index (χ0v) is 9.29. The summed E-state index contributed by atoms with van der Waals surface area (Å²) >= 11 is -4.01. The molecule has 1 rings (SSSR count). The zero-order chi connectivity index (χ0) is 11.6. The molecule has 0 fully saturated rings. The Morgan fingerprint density at radius 3 is 2.07 bits per heavy atom. The zero-order valence-electron chi connectivity index (χ0n) is 7.14. The van der Waals surface area contributed by atoms with Gasteiger partial charge in [0.05, 0.1) is 14.7 Å². The summed E-state index contributed by atoms with van der Waals surface area (Å²) in [5, 5.41) is 17.2. The van der Waals surface area contributed by atoms with Crippen molar-refractivity contribution in [3.05, 3.63) is 32.9 Å². The van der Waals surface area contributed by atoms with Gasteiger partial charge in [-0.25, -0.2) is 15.7 Å². The van der Waals surface area contributed by atoms with Gasteiger partial charge in [0, 0.05) is 0 Å². The van der Waals surface area contributed by atoms with Gasteiger partial charge in [-0.3, -0.25) is 0 Å². The van der Waals surface area contributed by atoms with Crippen LogP contribution in [0, 0.1) is 3.57 Å². The maximum atomic E-state index is 10.8. The highest BCUT2D eigenvalue weighted by Gasteiger charge is 2.16. The molecule has 0 radical (unpaired) electrons. The molecule has 0 amide bonds. The number of benzene rings is 1. The van der Waals surface area contributed by atoms with E-state index in [1.807, 2.05) is 0 Å². The Kier molecular flexibility index (Phi) is 3.35. The second-order valence-corrected chi connectivity index (χ2v) is 4.92. The molecule has 0 heterocycles. The van der Waals surface area contributed by atoms with E-state index >= 15 is 0 Å². The molecule has 0 aliphatic rings. The molecule has 7 heteroatoms. The van der Waals surface area contributed by atoms with Crippen LogP contribution in [-0.4, -0.2) is 22.2 Å². The van der Waals surface area contributed by atoms with Gasteiger partial charge in [0.15, 0.2) is 0 Å². The van der Waals surface area contributed by atoms with E-state index in [1.54, 1.807) is 0 Å². The summed E-state index contributed by atoms with van der Waals surface area (Å²) in [6.07, 6.45) is 0. The monoisotopic (exact) mass is 324 g/mol. The minimum Gasteiger partial charge on any atom is -0.478 e. The van der Waals surface area contributed by atoms with E-state index in [4.69, 9.17) is 10.2 Å². The number of halogens is 1. The lowest BCUT2D eigenvalue weighted by atomic mass is 10.1. The standard InChI is InChI=1S/C8H5IO6/c10-7(11)4-1-2-5(8(12)13)6(3-4)9(14)15/h1-3H,(H,10,11)(H,12,13). The van der Waals surface area contributed by atoms with Crippen LogP contribution in [-0.2, 0) is 6.14 Å². The molecule has 0 saturated heterocycles. The van der Waals surface area contributed by atoms with Crippen LogP contribution < -0.4 is 0 Å². The van der Waals surface area contributed by atoms with Gasteiger partial charge < -0.3 is 10.2 Å². The largest absolute Gasteiger partial charge is 0.478 e. The van der Waals surface area contributed by atoms with Crippen LogP contribution >= 0.6 is 19.8 Å². The molecule has 0 unspecified atom stereocenters. The van der Waals surface area contributed by atoms with E-state index in [2.05, 4.69) is 0 Å². The number of carboxylic acids is 2. The minimum atomic E-state index is -4.01. The Morgan fingerprint density at radius 1 is 1.07 bits per heavy atom. The summed E-state index contributed by atoms with van der Waals surface area (Å²) in [5.74, 6) is -2.69. The number of hydrogen-bond acceptors (Lipinski definition) is 4. The van der Waals surface area contributed by atoms with Crippen LogP contribution in [0.4, 0.5) is 0 Å². The predicted molar refractivity (Wildman–Crippen MR) is 54.5 cm³/mol. The van der Waals surface area contributed by atoms with Crippen molar-refractivity contribution >= 4 is 31.7 Å². The van der Waals surface area contributed by atoms with Gasteiger partial charge in [-0.05, 0) is 18.2 Å². The van der Waals surface area contributed by atoms with Gasteiger partial charge in [0.25, 0.3) is 0 Å². The lowest BCUT2D eigenvalue weighted by Crippen LogP contribution is -2.03. The van der Waals surface area contributed by atoms with Crippen molar-refractivity contribution in [3.8, 4) is 0 Å². The van der Waals surface area contributed by atoms with E-state index in [0.29, 0.717) is 0 Å². The van der Waals surface area contributed by atoms with Crippen LogP contribution in [0.25, 0.3) is 0 Å². The normalized spacial score (nSPS) is 10.2. The van der Waals surface area contributed by atoms with Crippen molar-refractivity contribution < 1.29 is 25.9 Å². The molecule has 1 aromatic carbocycles. The lowest BCUT2D eigenvalue weighted by molar-refractivity contribution is 0.0680. The summed E-state index contributed by atoms with van der Waals surface area (Å²) in [6, 6.07) is 2.88. The average Bonchev–Trinajstić information content (AvgIpc) is 2.16. The molecule has 0 aromatic heterocycles. The molecule has 0 saturated carbocycles. The number of hydrogen-bond donors (Lipinski definition) is 2. The van der Waals surface area contributed by atoms with Crippen LogP contribution in [0.3, 0.4) is 0 Å². The first-order chi connectivity index (χ1) is 6.93. The van der Waals surface area contributed by atoms with Crippen molar-refractivity contribution in [1.29, 1.82) is 0 Å². The SMILES string of the molecule is O=C(O)c1ccc(C(=O)O)c(I(=O)=O)c1. The quantitative estimate of drug-likeness (QED) is 0.815. The molecule has 1 aromatic rings. The van der Waals surface area contributed by atoms with Crippen molar-refractivity contribution in [1.82, 2.24) is 0 Å². The first-order valence-corrected chi connectivity index (χ1v) is 6.43. The van der Waals surface area contributed by atoms with E-state index in [-0.39, 0.29) is 5.56 Å². The Morgan fingerprint density at radius 2 is 1.67 bits per heavy atom. The minimum absolute atomic E-state index is 0.246. The Bertz CT molecular complexity index is 494. The molecule has 0 aliphatic carbocycles. The fourth-order valence-electron chi connectivity index (χ4n) is 0.949. The van der Waals surface area contributed by atoms with E-state index < -0.39 is 40.9 Å². The summed E-state index contributed by atoms with van der Waals surface area (Å²) in [5.41, 5.74) is -0.640. The molecule has 15 heavy (non-hydrogen) atoms. The highest BCUT2D eigenvalue weighted by Crippen LogP contribution is 2.23. The van der Waals surface area contributed by atoms with Crippen LogP contribution in [0.2, 0.25) is 0 Å². The number of aromatic carboxylic acids is 2. The molecule has 0 aliphatic heterocycles. The topological polar surface area (TPSA) is 109 Å². The van der Waals surface area contributed by atoms with Crippen molar-refractivity contribution in [3.63, 3.8) is 0 Å². The first kappa shape index (κ1) is 11.6. The van der Waals surface area contributed by atoms with Crippen molar-refractivity contribution in [2.45, 2.75) is 0 Å². The summed E-state index contributed by atoms with van der Waals surface area (Å²) in [4.78, 5) is 21.1. The first-order valence-electron chi connectivity index (χ1n) is 3.59. The smallest absolute Gasteiger partial charge is 0.341 e. The molecule has 80 valence electrons.